The van der Waals surface area contributed by atoms with E-state index in [-0.39, 0.29) is 24.3 Å². The van der Waals surface area contributed by atoms with Crippen molar-refractivity contribution in [1.82, 2.24) is 10.2 Å². The molecule has 5 nitrogen and oxygen atoms in total. The molecule has 1 N–H and O–H groups in total. The first-order valence-corrected chi connectivity index (χ1v) is 9.15. The minimum atomic E-state index is -0.268. The molecule has 1 atom stereocenters. The normalized spacial score (nSPS) is 15.2. The number of likely N-dealkylation sites (N-methyl/N-ethyl adjacent to an activating group) is 1. The van der Waals surface area contributed by atoms with Gasteiger partial charge >= 0.3 is 0 Å². The Morgan fingerprint density at radius 2 is 1.78 bits per heavy atom. The van der Waals surface area contributed by atoms with Crippen molar-refractivity contribution in [1.29, 1.82) is 0 Å². The van der Waals surface area contributed by atoms with Gasteiger partial charge in [-0.25, -0.2) is 0 Å². The third-order valence-corrected chi connectivity index (χ3v) is 4.81. The molecule has 0 saturated heterocycles. The van der Waals surface area contributed by atoms with E-state index in [4.69, 9.17) is 0 Å². The van der Waals surface area contributed by atoms with Gasteiger partial charge < -0.3 is 15.1 Å². The van der Waals surface area contributed by atoms with Gasteiger partial charge in [0, 0.05) is 38.9 Å². The van der Waals surface area contributed by atoms with E-state index in [1.165, 1.54) is 6.92 Å². The smallest absolute Gasteiger partial charge is 0.223 e. The maximum atomic E-state index is 12.5. The van der Waals surface area contributed by atoms with Crippen LogP contribution < -0.4 is 10.2 Å². The van der Waals surface area contributed by atoms with Crippen molar-refractivity contribution in [3.05, 3.63) is 71.9 Å². The first kappa shape index (κ1) is 18.7. The Morgan fingerprint density at radius 1 is 1.07 bits per heavy atom. The molecule has 0 radical (unpaired) electrons. The van der Waals surface area contributed by atoms with E-state index in [0.717, 1.165) is 16.8 Å². The van der Waals surface area contributed by atoms with Crippen LogP contribution >= 0.6 is 0 Å². The number of amides is 2. The molecule has 27 heavy (non-hydrogen) atoms. The number of anilines is 1. The average molecular weight is 363 g/mol. The summed E-state index contributed by atoms with van der Waals surface area (Å²) < 4.78 is 0. The van der Waals surface area contributed by atoms with E-state index in [9.17, 15) is 9.59 Å². The van der Waals surface area contributed by atoms with E-state index in [1.54, 1.807) is 11.1 Å². The lowest BCUT2D eigenvalue weighted by atomic mass is 9.93. The predicted molar refractivity (Wildman–Crippen MR) is 108 cm³/mol. The Hall–Kier alpha value is -3.08. The molecule has 1 unspecified atom stereocenters. The van der Waals surface area contributed by atoms with Crippen molar-refractivity contribution in [2.24, 2.45) is 0 Å². The number of nitrogens with zero attached hydrogens (tertiary/aromatic N) is 2. The fourth-order valence-electron chi connectivity index (χ4n) is 3.34. The van der Waals surface area contributed by atoms with Crippen LogP contribution in [0.2, 0.25) is 0 Å². The molecule has 1 aliphatic heterocycles. The van der Waals surface area contributed by atoms with Gasteiger partial charge in [0.2, 0.25) is 11.8 Å². The molecule has 2 aromatic carbocycles. The Balaban J connectivity index is 1.59. The predicted octanol–water partition coefficient (Wildman–Crippen LogP) is 3.20. The van der Waals surface area contributed by atoms with E-state index < -0.39 is 0 Å². The SMILES string of the molecule is CC(=O)N1C=Cc2ccccc2C1CC(=O)NCCN(C)c1ccccc1. The van der Waals surface area contributed by atoms with Crippen LogP contribution in [0.1, 0.15) is 30.5 Å². The lowest BCUT2D eigenvalue weighted by molar-refractivity contribution is -0.129. The van der Waals surface area contributed by atoms with Crippen LogP contribution in [0.25, 0.3) is 6.08 Å². The first-order chi connectivity index (χ1) is 13.1. The molecule has 3 rings (SSSR count). The van der Waals surface area contributed by atoms with Gasteiger partial charge in [0.05, 0.1) is 12.5 Å². The molecule has 2 amide bonds. The number of fused-ring (bicyclic) bond motifs is 1. The van der Waals surface area contributed by atoms with Gasteiger partial charge in [-0.3, -0.25) is 9.59 Å². The molecule has 0 spiro atoms. The summed E-state index contributed by atoms with van der Waals surface area (Å²) in [6, 6.07) is 17.7. The number of nitrogens with one attached hydrogen (secondary N) is 1. The van der Waals surface area contributed by atoms with Crippen molar-refractivity contribution in [2.75, 3.05) is 25.0 Å². The molecule has 1 aliphatic rings. The minimum absolute atomic E-state index is 0.0576. The summed E-state index contributed by atoms with van der Waals surface area (Å²) in [7, 11) is 2.00. The summed E-state index contributed by atoms with van der Waals surface area (Å²) >= 11 is 0. The Morgan fingerprint density at radius 3 is 2.52 bits per heavy atom. The lowest BCUT2D eigenvalue weighted by Gasteiger charge is -2.32. The van der Waals surface area contributed by atoms with Gasteiger partial charge in [0.1, 0.15) is 0 Å². The molecular formula is C22H25N3O2. The second-order valence-electron chi connectivity index (χ2n) is 6.70. The molecular weight excluding hydrogens is 338 g/mol. The molecule has 140 valence electrons. The molecule has 1 heterocycles. The fraction of sp³-hybridized carbons (Fsp3) is 0.273. The highest BCUT2D eigenvalue weighted by Crippen LogP contribution is 2.32. The van der Waals surface area contributed by atoms with E-state index in [2.05, 4.69) is 10.2 Å². The summed E-state index contributed by atoms with van der Waals surface area (Å²) in [6.45, 7) is 2.79. The number of carbonyl (C=O) groups is 2. The number of para-hydroxylation sites is 1. The quantitative estimate of drug-likeness (QED) is 0.857. The van der Waals surface area contributed by atoms with Crippen LogP contribution in [0.15, 0.2) is 60.8 Å². The zero-order valence-electron chi connectivity index (χ0n) is 15.8. The minimum Gasteiger partial charge on any atom is -0.373 e. The van der Waals surface area contributed by atoms with Gasteiger partial charge in [-0.15, -0.1) is 0 Å². The first-order valence-electron chi connectivity index (χ1n) is 9.15. The summed E-state index contributed by atoms with van der Waals surface area (Å²) in [5.74, 6) is -0.125. The third kappa shape index (κ3) is 4.56. The molecule has 0 aliphatic carbocycles. The van der Waals surface area contributed by atoms with E-state index >= 15 is 0 Å². The van der Waals surface area contributed by atoms with Crippen LogP contribution in [0.4, 0.5) is 5.69 Å². The summed E-state index contributed by atoms with van der Waals surface area (Å²) in [5.41, 5.74) is 3.17. The maximum Gasteiger partial charge on any atom is 0.223 e. The molecule has 5 heteroatoms. The highest BCUT2D eigenvalue weighted by atomic mass is 16.2. The topological polar surface area (TPSA) is 52.7 Å². The number of rotatable bonds is 6. The number of hydrogen-bond acceptors (Lipinski definition) is 3. The Labute approximate surface area is 160 Å². The number of carbonyl (C=O) groups excluding carboxylic acids is 2. The fourth-order valence-corrected chi connectivity index (χ4v) is 3.34. The van der Waals surface area contributed by atoms with Crippen LogP contribution in [-0.2, 0) is 9.59 Å². The van der Waals surface area contributed by atoms with Crippen molar-refractivity contribution in [2.45, 2.75) is 19.4 Å². The zero-order valence-corrected chi connectivity index (χ0v) is 15.8. The number of hydrogen-bond donors (Lipinski definition) is 1. The van der Waals surface area contributed by atoms with E-state index in [0.29, 0.717) is 13.1 Å². The monoisotopic (exact) mass is 363 g/mol. The van der Waals surface area contributed by atoms with Gasteiger partial charge in [0.15, 0.2) is 0 Å². The average Bonchev–Trinajstić information content (AvgIpc) is 2.68. The van der Waals surface area contributed by atoms with Crippen molar-refractivity contribution in [3.63, 3.8) is 0 Å². The van der Waals surface area contributed by atoms with Crippen LogP contribution in [0.3, 0.4) is 0 Å². The number of benzene rings is 2. The summed E-state index contributed by atoms with van der Waals surface area (Å²) in [4.78, 5) is 28.2. The van der Waals surface area contributed by atoms with Gasteiger partial charge in [-0.1, -0.05) is 42.5 Å². The second kappa shape index (κ2) is 8.54. The van der Waals surface area contributed by atoms with Gasteiger partial charge in [-0.05, 0) is 29.3 Å². The lowest BCUT2D eigenvalue weighted by Crippen LogP contribution is -2.37. The van der Waals surface area contributed by atoms with Crippen molar-refractivity contribution < 1.29 is 9.59 Å². The molecule has 0 bridgehead atoms. The van der Waals surface area contributed by atoms with Gasteiger partial charge in [0.25, 0.3) is 0 Å². The molecule has 0 aromatic heterocycles. The summed E-state index contributed by atoms with van der Waals surface area (Å²) in [5, 5.41) is 2.98. The highest BCUT2D eigenvalue weighted by molar-refractivity contribution is 5.81. The Bertz CT molecular complexity index is 832. The largest absolute Gasteiger partial charge is 0.373 e. The van der Waals surface area contributed by atoms with E-state index in [1.807, 2.05) is 67.7 Å². The zero-order chi connectivity index (χ0) is 19.2. The Kier molecular flexibility index (Phi) is 5.91. The van der Waals surface area contributed by atoms with Crippen LogP contribution in [0.5, 0.6) is 0 Å². The van der Waals surface area contributed by atoms with Crippen molar-refractivity contribution in [3.8, 4) is 0 Å². The standard InChI is InChI=1S/C22H25N3O2/c1-17(26)25-14-12-18-8-6-7-11-20(18)21(25)16-22(27)23-13-15-24(2)19-9-4-3-5-10-19/h3-12,14,21H,13,15-16H2,1-2H3,(H,23,27). The van der Waals surface area contributed by atoms with Crippen LogP contribution in [0, 0.1) is 0 Å². The summed E-state index contributed by atoms with van der Waals surface area (Å²) in [6.07, 6.45) is 3.93. The molecule has 0 fully saturated rings. The van der Waals surface area contributed by atoms with Gasteiger partial charge in [-0.2, -0.15) is 0 Å². The highest BCUT2D eigenvalue weighted by Gasteiger charge is 2.27. The maximum absolute atomic E-state index is 12.5. The second-order valence-corrected chi connectivity index (χ2v) is 6.70. The van der Waals surface area contributed by atoms with Crippen molar-refractivity contribution >= 4 is 23.6 Å². The molecule has 0 saturated carbocycles. The molecule has 2 aromatic rings. The third-order valence-electron chi connectivity index (χ3n) is 4.81. The van der Waals surface area contributed by atoms with Crippen LogP contribution in [-0.4, -0.2) is 36.9 Å².